The van der Waals surface area contributed by atoms with E-state index < -0.39 is 29.9 Å². The van der Waals surface area contributed by atoms with Crippen LogP contribution in [-0.4, -0.2) is 29.9 Å². The van der Waals surface area contributed by atoms with Gasteiger partial charge in [0, 0.05) is 16.3 Å². The summed E-state index contributed by atoms with van der Waals surface area (Å²) in [7, 11) is 0. The van der Waals surface area contributed by atoms with Crippen molar-refractivity contribution in [1.82, 2.24) is 5.32 Å². The molecule has 0 aliphatic rings. The fourth-order valence-electron chi connectivity index (χ4n) is 2.18. The summed E-state index contributed by atoms with van der Waals surface area (Å²) in [6.07, 6.45) is -1.09. The third kappa shape index (κ3) is 5.83. The Morgan fingerprint density at radius 1 is 1.11 bits per heavy atom. The van der Waals surface area contributed by atoms with Gasteiger partial charge in [-0.1, -0.05) is 17.7 Å². The van der Waals surface area contributed by atoms with E-state index in [-0.39, 0.29) is 0 Å². The van der Waals surface area contributed by atoms with Gasteiger partial charge in [-0.05, 0) is 56.3 Å². The van der Waals surface area contributed by atoms with Gasteiger partial charge in [0.25, 0.3) is 11.8 Å². The number of carbonyl (C=O) groups is 3. The molecule has 0 bridgehead atoms. The number of hydrogen-bond acceptors (Lipinski definition) is 5. The SMILES string of the molecule is C[C@H](NC(=O)c1ccc(Cl)cc1)C(=O)O[C@@H](C)C(=O)Nc1cccc(C#N)c1. The van der Waals surface area contributed by atoms with Gasteiger partial charge < -0.3 is 15.4 Å². The molecule has 0 fully saturated rings. The molecule has 2 amide bonds. The van der Waals surface area contributed by atoms with Crippen molar-refractivity contribution >= 4 is 35.1 Å². The number of hydrogen-bond donors (Lipinski definition) is 2. The van der Waals surface area contributed by atoms with E-state index in [2.05, 4.69) is 10.6 Å². The predicted octanol–water partition coefficient (Wildman–Crippen LogP) is 2.90. The van der Waals surface area contributed by atoms with E-state index in [1.54, 1.807) is 30.3 Å². The molecule has 0 saturated carbocycles. The maximum atomic E-state index is 12.2. The van der Waals surface area contributed by atoms with Crippen molar-refractivity contribution < 1.29 is 19.1 Å². The Morgan fingerprint density at radius 2 is 1.79 bits per heavy atom. The minimum absolute atomic E-state index is 0.340. The summed E-state index contributed by atoms with van der Waals surface area (Å²) < 4.78 is 5.11. The van der Waals surface area contributed by atoms with E-state index in [0.717, 1.165) is 0 Å². The minimum atomic E-state index is -1.09. The predicted molar refractivity (Wildman–Crippen MR) is 104 cm³/mol. The van der Waals surface area contributed by atoms with Crippen molar-refractivity contribution in [3.8, 4) is 6.07 Å². The van der Waals surface area contributed by atoms with Crippen LogP contribution in [0.4, 0.5) is 5.69 Å². The fourth-order valence-corrected chi connectivity index (χ4v) is 2.31. The summed E-state index contributed by atoms with van der Waals surface area (Å²) in [5.41, 5.74) is 1.14. The first-order chi connectivity index (χ1) is 13.3. The number of anilines is 1. The van der Waals surface area contributed by atoms with Gasteiger partial charge in [-0.25, -0.2) is 4.79 Å². The highest BCUT2D eigenvalue weighted by Crippen LogP contribution is 2.12. The first-order valence-electron chi connectivity index (χ1n) is 8.38. The molecule has 2 rings (SSSR count). The Kier molecular flexibility index (Phi) is 7.13. The smallest absolute Gasteiger partial charge is 0.329 e. The van der Waals surface area contributed by atoms with Crippen molar-refractivity contribution in [1.29, 1.82) is 5.26 Å². The van der Waals surface area contributed by atoms with Crippen LogP contribution in [0, 0.1) is 11.3 Å². The average Bonchev–Trinajstić information content (AvgIpc) is 2.68. The zero-order valence-corrected chi connectivity index (χ0v) is 16.0. The van der Waals surface area contributed by atoms with Crippen molar-refractivity contribution in [2.75, 3.05) is 5.32 Å². The molecular weight excluding hydrogens is 382 g/mol. The summed E-state index contributed by atoms with van der Waals surface area (Å²) >= 11 is 5.77. The summed E-state index contributed by atoms with van der Waals surface area (Å²) in [5, 5.41) is 14.4. The van der Waals surface area contributed by atoms with Gasteiger partial charge in [0.15, 0.2) is 6.10 Å². The lowest BCUT2D eigenvalue weighted by Crippen LogP contribution is -2.42. The lowest BCUT2D eigenvalue weighted by Gasteiger charge is -2.17. The molecule has 8 heteroatoms. The molecule has 0 heterocycles. The van der Waals surface area contributed by atoms with Crippen molar-refractivity contribution in [3.63, 3.8) is 0 Å². The molecule has 0 aliphatic carbocycles. The second-order valence-electron chi connectivity index (χ2n) is 5.96. The van der Waals surface area contributed by atoms with Gasteiger partial charge in [0.05, 0.1) is 11.6 Å². The van der Waals surface area contributed by atoms with Gasteiger partial charge in [-0.15, -0.1) is 0 Å². The number of halogens is 1. The van der Waals surface area contributed by atoms with Gasteiger partial charge in [-0.2, -0.15) is 5.26 Å². The maximum absolute atomic E-state index is 12.2. The lowest BCUT2D eigenvalue weighted by molar-refractivity contribution is -0.154. The number of amides is 2. The van der Waals surface area contributed by atoms with Crippen LogP contribution in [-0.2, 0) is 14.3 Å². The Bertz CT molecular complexity index is 922. The first kappa shape index (κ1) is 20.9. The normalized spacial score (nSPS) is 12.2. The van der Waals surface area contributed by atoms with E-state index in [1.807, 2.05) is 6.07 Å². The van der Waals surface area contributed by atoms with Crippen molar-refractivity contribution in [3.05, 3.63) is 64.7 Å². The molecule has 28 heavy (non-hydrogen) atoms. The molecule has 0 saturated heterocycles. The zero-order valence-electron chi connectivity index (χ0n) is 15.2. The van der Waals surface area contributed by atoms with Crippen LogP contribution < -0.4 is 10.6 Å². The zero-order chi connectivity index (χ0) is 20.7. The number of carbonyl (C=O) groups excluding carboxylic acids is 3. The molecule has 2 aromatic carbocycles. The molecule has 0 radical (unpaired) electrons. The van der Waals surface area contributed by atoms with Crippen molar-refractivity contribution in [2.45, 2.75) is 26.0 Å². The van der Waals surface area contributed by atoms with Gasteiger partial charge in [0.1, 0.15) is 6.04 Å². The molecular formula is C20H18ClN3O4. The Hall–Kier alpha value is -3.37. The van der Waals surface area contributed by atoms with Gasteiger partial charge in [0.2, 0.25) is 0 Å². The Morgan fingerprint density at radius 3 is 2.43 bits per heavy atom. The Labute approximate surface area is 167 Å². The summed E-state index contributed by atoms with van der Waals surface area (Å²) in [4.78, 5) is 36.4. The van der Waals surface area contributed by atoms with Crippen molar-refractivity contribution in [2.24, 2.45) is 0 Å². The van der Waals surface area contributed by atoms with Crippen LogP contribution in [0.15, 0.2) is 48.5 Å². The van der Waals surface area contributed by atoms with Crippen LogP contribution in [0.1, 0.15) is 29.8 Å². The summed E-state index contributed by atoms with van der Waals surface area (Å²) in [5.74, 6) is -1.78. The number of benzene rings is 2. The van der Waals surface area contributed by atoms with E-state index in [9.17, 15) is 14.4 Å². The third-order valence-corrected chi connectivity index (χ3v) is 3.98. The third-order valence-electron chi connectivity index (χ3n) is 3.73. The Balaban J connectivity index is 1.89. The lowest BCUT2D eigenvalue weighted by atomic mass is 10.2. The topological polar surface area (TPSA) is 108 Å². The molecule has 0 unspecified atom stereocenters. The number of nitrogens with one attached hydrogen (secondary N) is 2. The van der Waals surface area contributed by atoms with Gasteiger partial charge in [-0.3, -0.25) is 9.59 Å². The van der Waals surface area contributed by atoms with E-state index in [1.165, 1.54) is 32.0 Å². The molecule has 0 spiro atoms. The highest BCUT2D eigenvalue weighted by molar-refractivity contribution is 6.30. The molecule has 144 valence electrons. The molecule has 0 aromatic heterocycles. The molecule has 0 aliphatic heterocycles. The summed E-state index contributed by atoms with van der Waals surface area (Å²) in [6.45, 7) is 2.87. The van der Waals surface area contributed by atoms with E-state index >= 15 is 0 Å². The van der Waals surface area contributed by atoms with Crippen LogP contribution in [0.3, 0.4) is 0 Å². The quantitative estimate of drug-likeness (QED) is 0.726. The number of nitrogens with zero attached hydrogens (tertiary/aromatic N) is 1. The number of esters is 1. The number of nitriles is 1. The minimum Gasteiger partial charge on any atom is -0.451 e. The molecule has 7 nitrogen and oxygen atoms in total. The number of ether oxygens (including phenoxy) is 1. The number of rotatable bonds is 6. The van der Waals surface area contributed by atoms with Crippen LogP contribution in [0.25, 0.3) is 0 Å². The standard InChI is InChI=1S/C20H18ClN3O4/c1-12(23-19(26)15-6-8-16(21)9-7-15)20(27)28-13(2)18(25)24-17-5-3-4-14(10-17)11-22/h3-10,12-13H,1-2H3,(H,23,26)(H,24,25)/t12-,13-/m0/s1. The first-order valence-corrected chi connectivity index (χ1v) is 8.76. The second kappa shape index (κ2) is 9.53. The van der Waals surface area contributed by atoms with Crippen LogP contribution >= 0.6 is 11.6 Å². The van der Waals surface area contributed by atoms with E-state index in [4.69, 9.17) is 21.6 Å². The van der Waals surface area contributed by atoms with Crippen LogP contribution in [0.2, 0.25) is 5.02 Å². The average molecular weight is 400 g/mol. The highest BCUT2D eigenvalue weighted by Gasteiger charge is 2.23. The van der Waals surface area contributed by atoms with Gasteiger partial charge >= 0.3 is 5.97 Å². The highest BCUT2D eigenvalue weighted by atomic mass is 35.5. The fraction of sp³-hybridized carbons (Fsp3) is 0.200. The molecule has 2 aromatic rings. The second-order valence-corrected chi connectivity index (χ2v) is 6.40. The molecule has 2 atom stereocenters. The van der Waals surface area contributed by atoms with Crippen LogP contribution in [0.5, 0.6) is 0 Å². The maximum Gasteiger partial charge on any atom is 0.329 e. The monoisotopic (exact) mass is 399 g/mol. The van der Waals surface area contributed by atoms with E-state index in [0.29, 0.717) is 21.8 Å². The summed E-state index contributed by atoms with van der Waals surface area (Å²) in [6, 6.07) is 13.5. The largest absolute Gasteiger partial charge is 0.451 e. The molecule has 2 N–H and O–H groups in total.